The van der Waals surface area contributed by atoms with Gasteiger partial charge in [-0.3, -0.25) is 9.59 Å². The fourth-order valence-corrected chi connectivity index (χ4v) is 2.21. The van der Waals surface area contributed by atoms with E-state index in [1.807, 2.05) is 0 Å². The highest BCUT2D eigenvalue weighted by molar-refractivity contribution is 5.72. The van der Waals surface area contributed by atoms with Gasteiger partial charge in [0, 0.05) is 6.92 Å². The molecule has 0 spiro atoms. The van der Waals surface area contributed by atoms with E-state index in [-0.39, 0.29) is 17.9 Å². The molecule has 0 atom stereocenters. The van der Waals surface area contributed by atoms with Crippen LogP contribution < -0.4 is 0 Å². The molecule has 4 heteroatoms. The summed E-state index contributed by atoms with van der Waals surface area (Å²) in [6.45, 7) is 4.47. The van der Waals surface area contributed by atoms with Gasteiger partial charge in [0.1, 0.15) is 0 Å². The summed E-state index contributed by atoms with van der Waals surface area (Å²) >= 11 is 0. The Morgan fingerprint density at radius 1 is 1.00 bits per heavy atom. The van der Waals surface area contributed by atoms with Crippen molar-refractivity contribution in [3.8, 4) is 0 Å². The van der Waals surface area contributed by atoms with E-state index < -0.39 is 0 Å². The van der Waals surface area contributed by atoms with Crippen LogP contribution in [0, 0.1) is 11.8 Å². The zero-order valence-corrected chi connectivity index (χ0v) is 11.4. The van der Waals surface area contributed by atoms with Crippen molar-refractivity contribution in [2.45, 2.75) is 52.4 Å². The van der Waals surface area contributed by atoms with E-state index in [4.69, 9.17) is 9.47 Å². The Morgan fingerprint density at radius 2 is 1.56 bits per heavy atom. The summed E-state index contributed by atoms with van der Waals surface area (Å²) in [6.07, 6.45) is 5.69. The van der Waals surface area contributed by atoms with Gasteiger partial charge in [0.15, 0.2) is 0 Å². The first-order valence-electron chi connectivity index (χ1n) is 6.89. The van der Waals surface area contributed by atoms with Crippen LogP contribution in [0.15, 0.2) is 0 Å². The summed E-state index contributed by atoms with van der Waals surface area (Å²) in [5.74, 6) is 0.546. The maximum Gasteiger partial charge on any atom is 0.308 e. The molecule has 1 fully saturated rings. The number of hydrogen-bond acceptors (Lipinski definition) is 4. The van der Waals surface area contributed by atoms with E-state index in [1.54, 1.807) is 0 Å². The van der Waals surface area contributed by atoms with Crippen LogP contribution >= 0.6 is 0 Å². The molecule has 1 saturated carbocycles. The van der Waals surface area contributed by atoms with Gasteiger partial charge < -0.3 is 9.47 Å². The first-order chi connectivity index (χ1) is 8.59. The third kappa shape index (κ3) is 6.03. The molecule has 1 aliphatic carbocycles. The third-order valence-electron chi connectivity index (χ3n) is 3.44. The van der Waals surface area contributed by atoms with Gasteiger partial charge in [-0.05, 0) is 44.4 Å². The highest BCUT2D eigenvalue weighted by Crippen LogP contribution is 2.28. The second-order valence-electron chi connectivity index (χ2n) is 5.17. The molecule has 0 aromatic rings. The number of unbranched alkanes of at least 4 members (excludes halogenated alkanes) is 1. The summed E-state index contributed by atoms with van der Waals surface area (Å²) in [6, 6.07) is 0. The lowest BCUT2D eigenvalue weighted by Gasteiger charge is -2.24. The lowest BCUT2D eigenvalue weighted by molar-refractivity contribution is -0.150. The number of ether oxygens (including phenoxy) is 2. The topological polar surface area (TPSA) is 52.6 Å². The Labute approximate surface area is 109 Å². The fraction of sp³-hybridized carbons (Fsp3) is 0.857. The number of esters is 2. The van der Waals surface area contributed by atoms with Gasteiger partial charge in [0.25, 0.3) is 0 Å². The molecule has 0 radical (unpaired) electrons. The molecule has 18 heavy (non-hydrogen) atoms. The average molecular weight is 256 g/mol. The summed E-state index contributed by atoms with van der Waals surface area (Å²) < 4.78 is 10.0. The minimum Gasteiger partial charge on any atom is -0.466 e. The van der Waals surface area contributed by atoms with E-state index in [1.165, 1.54) is 6.92 Å². The maximum atomic E-state index is 11.7. The maximum absolute atomic E-state index is 11.7. The van der Waals surface area contributed by atoms with Crippen LogP contribution in [-0.4, -0.2) is 25.2 Å². The highest BCUT2D eigenvalue weighted by atomic mass is 16.5. The van der Waals surface area contributed by atoms with Gasteiger partial charge in [-0.2, -0.15) is 0 Å². The predicted molar refractivity (Wildman–Crippen MR) is 67.9 cm³/mol. The van der Waals surface area contributed by atoms with Crippen LogP contribution in [-0.2, 0) is 19.1 Å². The minimum absolute atomic E-state index is 0.0469. The first-order valence-corrected chi connectivity index (χ1v) is 6.89. The molecular formula is C14H24O4. The lowest BCUT2D eigenvalue weighted by Crippen LogP contribution is -2.23. The van der Waals surface area contributed by atoms with Crippen LogP contribution in [0.1, 0.15) is 52.4 Å². The second kappa shape index (κ2) is 8.11. The van der Waals surface area contributed by atoms with E-state index in [0.717, 1.165) is 44.4 Å². The van der Waals surface area contributed by atoms with Crippen LogP contribution in [0.25, 0.3) is 0 Å². The van der Waals surface area contributed by atoms with Crippen molar-refractivity contribution >= 4 is 11.9 Å². The molecular weight excluding hydrogens is 232 g/mol. The quantitative estimate of drug-likeness (QED) is 0.541. The molecule has 0 aromatic heterocycles. The smallest absolute Gasteiger partial charge is 0.308 e. The van der Waals surface area contributed by atoms with Crippen molar-refractivity contribution in [1.29, 1.82) is 0 Å². The largest absolute Gasteiger partial charge is 0.466 e. The predicted octanol–water partition coefficient (Wildman–Crippen LogP) is 2.70. The van der Waals surface area contributed by atoms with Gasteiger partial charge in [-0.25, -0.2) is 0 Å². The SMILES string of the molecule is CC(=O)OCCCCOC(=O)C1CCC(C)CC1. The lowest BCUT2D eigenvalue weighted by atomic mass is 9.83. The Morgan fingerprint density at radius 3 is 2.11 bits per heavy atom. The van der Waals surface area contributed by atoms with Crippen LogP contribution in [0.3, 0.4) is 0 Å². The van der Waals surface area contributed by atoms with Crippen molar-refractivity contribution in [1.82, 2.24) is 0 Å². The Bertz CT molecular complexity index is 267. The van der Waals surface area contributed by atoms with E-state index in [9.17, 15) is 9.59 Å². The summed E-state index contributed by atoms with van der Waals surface area (Å²) in [5, 5.41) is 0. The Kier molecular flexibility index (Phi) is 6.76. The molecule has 104 valence electrons. The fourth-order valence-electron chi connectivity index (χ4n) is 2.21. The molecule has 0 N–H and O–H groups in total. The number of hydrogen-bond donors (Lipinski definition) is 0. The Hall–Kier alpha value is -1.06. The van der Waals surface area contributed by atoms with Crippen molar-refractivity contribution in [3.63, 3.8) is 0 Å². The van der Waals surface area contributed by atoms with Gasteiger partial charge >= 0.3 is 11.9 Å². The normalized spacial score (nSPS) is 23.4. The monoisotopic (exact) mass is 256 g/mol. The van der Waals surface area contributed by atoms with Gasteiger partial charge in [0.2, 0.25) is 0 Å². The molecule has 1 rings (SSSR count). The van der Waals surface area contributed by atoms with Crippen molar-refractivity contribution in [2.75, 3.05) is 13.2 Å². The van der Waals surface area contributed by atoms with Crippen LogP contribution in [0.4, 0.5) is 0 Å². The number of carbonyl (C=O) groups is 2. The summed E-state index contributed by atoms with van der Waals surface area (Å²) in [7, 11) is 0. The molecule has 4 nitrogen and oxygen atoms in total. The number of carbonyl (C=O) groups excluding carboxylic acids is 2. The summed E-state index contributed by atoms with van der Waals surface area (Å²) in [4.78, 5) is 22.2. The minimum atomic E-state index is -0.261. The average Bonchev–Trinajstić information content (AvgIpc) is 2.34. The molecule has 0 unspecified atom stereocenters. The Balaban J connectivity index is 2.01. The molecule has 0 aromatic carbocycles. The van der Waals surface area contributed by atoms with E-state index >= 15 is 0 Å². The van der Waals surface area contributed by atoms with Gasteiger partial charge in [0.05, 0.1) is 19.1 Å². The van der Waals surface area contributed by atoms with E-state index in [0.29, 0.717) is 13.2 Å². The van der Waals surface area contributed by atoms with Crippen molar-refractivity contribution in [3.05, 3.63) is 0 Å². The van der Waals surface area contributed by atoms with Gasteiger partial charge in [-0.1, -0.05) is 6.92 Å². The first kappa shape index (κ1) is 15.0. The van der Waals surface area contributed by atoms with E-state index in [2.05, 4.69) is 6.92 Å². The second-order valence-corrected chi connectivity index (χ2v) is 5.17. The molecule has 0 amide bonds. The molecule has 0 saturated heterocycles. The summed E-state index contributed by atoms with van der Waals surface area (Å²) in [5.41, 5.74) is 0. The zero-order chi connectivity index (χ0) is 13.4. The molecule has 0 bridgehead atoms. The standard InChI is InChI=1S/C14H24O4/c1-11-5-7-13(8-6-11)14(16)18-10-4-3-9-17-12(2)15/h11,13H,3-10H2,1-2H3. The van der Waals surface area contributed by atoms with Crippen molar-refractivity contribution < 1.29 is 19.1 Å². The third-order valence-corrected chi connectivity index (χ3v) is 3.44. The molecule has 0 heterocycles. The van der Waals surface area contributed by atoms with Crippen molar-refractivity contribution in [2.24, 2.45) is 11.8 Å². The van der Waals surface area contributed by atoms with Crippen LogP contribution in [0.5, 0.6) is 0 Å². The molecule has 1 aliphatic rings. The number of rotatable bonds is 6. The molecule has 0 aliphatic heterocycles. The zero-order valence-electron chi connectivity index (χ0n) is 11.4. The van der Waals surface area contributed by atoms with Crippen LogP contribution in [0.2, 0.25) is 0 Å². The highest BCUT2D eigenvalue weighted by Gasteiger charge is 2.25. The van der Waals surface area contributed by atoms with Gasteiger partial charge in [-0.15, -0.1) is 0 Å².